The molecule has 208 valence electrons. The van der Waals surface area contributed by atoms with Gasteiger partial charge >= 0.3 is 0 Å². The summed E-state index contributed by atoms with van der Waals surface area (Å²) in [6, 6.07) is 5.60. The van der Waals surface area contributed by atoms with Crippen molar-refractivity contribution < 1.29 is 17.9 Å². The van der Waals surface area contributed by atoms with E-state index in [9.17, 15) is 13.2 Å². The number of sulfone groups is 1. The first-order valence-electron chi connectivity index (χ1n) is 13.1. The van der Waals surface area contributed by atoms with Crippen LogP contribution in [0.25, 0.3) is 22.0 Å². The van der Waals surface area contributed by atoms with E-state index in [1.54, 1.807) is 23.1 Å². The normalized spacial score (nSPS) is 18.1. The van der Waals surface area contributed by atoms with Gasteiger partial charge in [0.05, 0.1) is 17.6 Å². The maximum Gasteiger partial charge on any atom is 0.237 e. The monoisotopic (exact) mass is 562 g/mol. The summed E-state index contributed by atoms with van der Waals surface area (Å²) >= 11 is 0. The van der Waals surface area contributed by atoms with Crippen LogP contribution in [0.15, 0.2) is 36.8 Å². The minimum Gasteiger partial charge on any atom is -0.474 e. The first kappa shape index (κ1) is 26.0. The van der Waals surface area contributed by atoms with E-state index in [1.165, 1.54) is 6.26 Å². The molecule has 1 aliphatic carbocycles. The Balaban J connectivity index is 1.16. The van der Waals surface area contributed by atoms with Gasteiger partial charge in [0.1, 0.15) is 27.6 Å². The topological polar surface area (TPSA) is 167 Å². The summed E-state index contributed by atoms with van der Waals surface area (Å²) in [4.78, 5) is 17.5. The van der Waals surface area contributed by atoms with Crippen molar-refractivity contribution in [3.05, 3.63) is 47.9 Å². The number of fused-ring (bicyclic) bond motifs is 2. The lowest BCUT2D eigenvalue weighted by Gasteiger charge is -2.21. The molecule has 1 aromatic carbocycles. The number of rotatable bonds is 8. The Labute approximate surface area is 231 Å². The minimum absolute atomic E-state index is 0.0661. The summed E-state index contributed by atoms with van der Waals surface area (Å²) < 4.78 is 30.1. The van der Waals surface area contributed by atoms with Gasteiger partial charge in [0.15, 0.2) is 5.82 Å². The fourth-order valence-corrected chi connectivity index (χ4v) is 5.82. The molecule has 4 heterocycles. The van der Waals surface area contributed by atoms with Gasteiger partial charge in [-0.1, -0.05) is 0 Å². The molecule has 40 heavy (non-hydrogen) atoms. The first-order chi connectivity index (χ1) is 19.2. The summed E-state index contributed by atoms with van der Waals surface area (Å²) in [6.07, 6.45) is 7.84. The summed E-state index contributed by atoms with van der Waals surface area (Å²) in [5.41, 5.74) is 12.0. The van der Waals surface area contributed by atoms with Crippen molar-refractivity contribution in [2.24, 2.45) is 5.92 Å². The maximum atomic E-state index is 13.0. The van der Waals surface area contributed by atoms with Gasteiger partial charge < -0.3 is 21.1 Å². The van der Waals surface area contributed by atoms with Crippen molar-refractivity contribution in [1.29, 1.82) is 0 Å². The molecule has 0 spiro atoms. The third kappa shape index (κ3) is 5.28. The van der Waals surface area contributed by atoms with E-state index in [4.69, 9.17) is 10.5 Å². The SMILES string of the molecule is Cc1c(-c2cc(N)c3nnc(NC(=O)[C@H]4C[C@@H]4c4cnn(CCCS(C)(=O)=O)c4)cc3c2)cnc2c1NCCO2. The Bertz CT molecular complexity index is 1740. The van der Waals surface area contributed by atoms with Gasteiger partial charge in [-0.3, -0.25) is 9.48 Å². The van der Waals surface area contributed by atoms with Gasteiger partial charge in [-0.15, -0.1) is 10.2 Å². The summed E-state index contributed by atoms with van der Waals surface area (Å²) in [6.45, 7) is 3.82. The first-order valence-corrected chi connectivity index (χ1v) is 15.2. The van der Waals surface area contributed by atoms with Gasteiger partial charge in [-0.05, 0) is 60.6 Å². The highest BCUT2D eigenvalue weighted by atomic mass is 32.2. The van der Waals surface area contributed by atoms with Crippen LogP contribution in [0.5, 0.6) is 5.88 Å². The van der Waals surface area contributed by atoms with Gasteiger partial charge in [0.25, 0.3) is 0 Å². The Morgan fingerprint density at radius 1 is 1.25 bits per heavy atom. The number of ether oxygens (including phenoxy) is 1. The van der Waals surface area contributed by atoms with E-state index < -0.39 is 9.84 Å². The Morgan fingerprint density at radius 3 is 2.92 bits per heavy atom. The zero-order valence-corrected chi connectivity index (χ0v) is 23.0. The summed E-state index contributed by atoms with van der Waals surface area (Å²) in [5, 5.41) is 19.8. The zero-order valence-electron chi connectivity index (χ0n) is 22.2. The number of amides is 1. The number of hydrogen-bond acceptors (Lipinski definition) is 10. The molecule has 13 heteroatoms. The van der Waals surface area contributed by atoms with Crippen LogP contribution in [0, 0.1) is 12.8 Å². The van der Waals surface area contributed by atoms with E-state index in [0.717, 1.165) is 33.3 Å². The zero-order chi connectivity index (χ0) is 28.0. The van der Waals surface area contributed by atoms with Crippen LogP contribution in [-0.4, -0.2) is 64.4 Å². The third-order valence-electron chi connectivity index (χ3n) is 7.34. The van der Waals surface area contributed by atoms with Crippen molar-refractivity contribution in [1.82, 2.24) is 25.0 Å². The van der Waals surface area contributed by atoms with Crippen LogP contribution in [0.1, 0.15) is 29.9 Å². The summed E-state index contributed by atoms with van der Waals surface area (Å²) in [7, 11) is -3.00. The smallest absolute Gasteiger partial charge is 0.237 e. The molecule has 2 atom stereocenters. The Kier molecular flexibility index (Phi) is 6.53. The second-order valence-electron chi connectivity index (χ2n) is 10.4. The second kappa shape index (κ2) is 10.0. The van der Waals surface area contributed by atoms with Gasteiger partial charge in [-0.25, -0.2) is 13.4 Å². The molecule has 3 aromatic heterocycles. The predicted molar refractivity (Wildman–Crippen MR) is 152 cm³/mol. The van der Waals surface area contributed by atoms with Crippen LogP contribution < -0.4 is 21.1 Å². The standard InChI is InChI=1S/C27H30N8O4S/c1-15-21(13-30-27-24(15)29-4-6-39-27)16-8-17-10-23(33-34-25(17)22(28)9-16)32-26(36)20-11-19(20)18-12-31-35(14-18)5-3-7-40(2,37)38/h8-10,12-14,19-20,29H,3-7,11,28H2,1-2H3,(H,32,33,36)/t19-,20+/m1/s1. The number of nitrogen functional groups attached to an aromatic ring is 1. The number of nitrogens with two attached hydrogens (primary N) is 1. The highest BCUT2D eigenvalue weighted by Crippen LogP contribution is 2.48. The number of aryl methyl sites for hydroxylation is 1. The number of nitrogens with one attached hydrogen (secondary N) is 2. The highest BCUT2D eigenvalue weighted by molar-refractivity contribution is 7.90. The van der Waals surface area contributed by atoms with Crippen molar-refractivity contribution >= 4 is 43.8 Å². The van der Waals surface area contributed by atoms with Gasteiger partial charge in [0.2, 0.25) is 11.8 Å². The van der Waals surface area contributed by atoms with Gasteiger partial charge in [-0.2, -0.15) is 5.10 Å². The average Bonchev–Trinajstić information content (AvgIpc) is 3.59. The van der Waals surface area contributed by atoms with Crippen LogP contribution in [0.4, 0.5) is 17.2 Å². The highest BCUT2D eigenvalue weighted by Gasteiger charge is 2.44. The van der Waals surface area contributed by atoms with E-state index in [1.807, 2.05) is 25.3 Å². The van der Waals surface area contributed by atoms with Crippen LogP contribution in [0.2, 0.25) is 0 Å². The quantitative estimate of drug-likeness (QED) is 0.272. The molecule has 4 N–H and O–H groups in total. The molecule has 0 radical (unpaired) electrons. The number of pyridine rings is 1. The van der Waals surface area contributed by atoms with Crippen LogP contribution in [0.3, 0.4) is 0 Å². The number of hydrogen-bond donors (Lipinski definition) is 3. The molecule has 12 nitrogen and oxygen atoms in total. The lowest BCUT2D eigenvalue weighted by molar-refractivity contribution is -0.117. The molecule has 6 rings (SSSR count). The molecule has 1 amide bonds. The molecule has 0 bridgehead atoms. The molecule has 2 aliphatic rings. The molecule has 4 aromatic rings. The van der Waals surface area contributed by atoms with Crippen LogP contribution >= 0.6 is 0 Å². The largest absolute Gasteiger partial charge is 0.474 e. The lowest BCUT2D eigenvalue weighted by Crippen LogP contribution is -2.20. The van der Waals surface area contributed by atoms with Crippen molar-refractivity contribution in [3.8, 4) is 17.0 Å². The fourth-order valence-electron chi connectivity index (χ4n) is 5.17. The van der Waals surface area contributed by atoms with E-state index in [0.29, 0.717) is 55.4 Å². The lowest BCUT2D eigenvalue weighted by atomic mass is 9.99. The third-order valence-corrected chi connectivity index (χ3v) is 8.37. The van der Waals surface area contributed by atoms with Gasteiger partial charge in [0, 0.05) is 48.6 Å². The molecule has 1 saturated carbocycles. The molecule has 0 saturated heterocycles. The molecule has 1 aliphatic heterocycles. The number of carbonyl (C=O) groups excluding carboxylic acids is 1. The predicted octanol–water partition coefficient (Wildman–Crippen LogP) is 2.76. The van der Waals surface area contributed by atoms with E-state index >= 15 is 0 Å². The van der Waals surface area contributed by atoms with E-state index in [2.05, 4.69) is 30.9 Å². The average molecular weight is 563 g/mol. The number of aromatic nitrogens is 5. The second-order valence-corrected chi connectivity index (χ2v) is 12.7. The molecule has 0 unspecified atom stereocenters. The fraction of sp³-hybridized carbons (Fsp3) is 0.370. The molecule has 1 fully saturated rings. The molecular weight excluding hydrogens is 532 g/mol. The Hall–Kier alpha value is -4.26. The van der Waals surface area contributed by atoms with Crippen LogP contribution in [-0.2, 0) is 21.2 Å². The number of benzene rings is 1. The number of nitrogens with zero attached hydrogens (tertiary/aromatic N) is 5. The van der Waals surface area contributed by atoms with Crippen molar-refractivity contribution in [2.75, 3.05) is 41.5 Å². The number of carbonyl (C=O) groups is 1. The maximum absolute atomic E-state index is 13.0. The minimum atomic E-state index is -3.00. The Morgan fingerprint density at radius 2 is 2.10 bits per heavy atom. The molecular formula is C27H30N8O4S. The van der Waals surface area contributed by atoms with Crippen molar-refractivity contribution in [2.45, 2.75) is 32.2 Å². The van der Waals surface area contributed by atoms with Crippen molar-refractivity contribution in [3.63, 3.8) is 0 Å². The number of anilines is 3. The summed E-state index contributed by atoms with van der Waals surface area (Å²) in [5.74, 6) is 0.805. The van der Waals surface area contributed by atoms with E-state index in [-0.39, 0.29) is 23.5 Å².